The van der Waals surface area contributed by atoms with Crippen molar-refractivity contribution in [3.05, 3.63) is 16.5 Å². The topological polar surface area (TPSA) is 67.4 Å². The number of anilines is 1. The molecule has 1 aliphatic rings. The zero-order valence-electron chi connectivity index (χ0n) is 11.1. The van der Waals surface area contributed by atoms with Gasteiger partial charge in [-0.15, -0.1) is 11.3 Å². The molecule has 0 bridgehead atoms. The van der Waals surface area contributed by atoms with Gasteiger partial charge in [0.1, 0.15) is 5.00 Å². The maximum atomic E-state index is 11.8. The third-order valence-electron chi connectivity index (χ3n) is 3.12. The van der Waals surface area contributed by atoms with Gasteiger partial charge in [-0.1, -0.05) is 0 Å². The van der Waals surface area contributed by atoms with Gasteiger partial charge in [-0.05, 0) is 44.1 Å². The summed E-state index contributed by atoms with van der Waals surface area (Å²) in [7, 11) is 0. The standard InChI is InChI=1S/C13H18N2O3S/c1-3-18-12(16)10-8(2)7-19-11(10)15-13(17)14-9-5-4-6-9/h7,9H,3-6H2,1-2H3,(H2,14,15,17). The third-order valence-corrected chi connectivity index (χ3v) is 4.14. The second kappa shape index (κ2) is 6.06. The number of urea groups is 1. The minimum atomic E-state index is -0.389. The average Bonchev–Trinajstić information content (AvgIpc) is 2.65. The molecule has 1 fully saturated rings. The second-order valence-corrected chi connectivity index (χ2v) is 5.45. The number of carbonyl (C=O) groups excluding carboxylic acids is 2. The van der Waals surface area contributed by atoms with Crippen molar-refractivity contribution in [1.29, 1.82) is 0 Å². The minimum Gasteiger partial charge on any atom is -0.462 e. The lowest BCUT2D eigenvalue weighted by molar-refractivity contribution is 0.0527. The van der Waals surface area contributed by atoms with E-state index in [1.54, 1.807) is 6.92 Å². The van der Waals surface area contributed by atoms with E-state index in [2.05, 4.69) is 10.6 Å². The van der Waals surface area contributed by atoms with E-state index in [4.69, 9.17) is 4.74 Å². The molecule has 1 aliphatic carbocycles. The van der Waals surface area contributed by atoms with Gasteiger partial charge in [0.25, 0.3) is 0 Å². The zero-order valence-corrected chi connectivity index (χ0v) is 11.9. The van der Waals surface area contributed by atoms with Gasteiger partial charge >= 0.3 is 12.0 Å². The Morgan fingerprint density at radius 1 is 1.47 bits per heavy atom. The molecular formula is C13H18N2O3S. The summed E-state index contributed by atoms with van der Waals surface area (Å²) in [5, 5.41) is 8.00. The van der Waals surface area contributed by atoms with Gasteiger partial charge in [-0.2, -0.15) is 0 Å². The van der Waals surface area contributed by atoms with Crippen molar-refractivity contribution >= 4 is 28.3 Å². The lowest BCUT2D eigenvalue weighted by Gasteiger charge is -2.26. The van der Waals surface area contributed by atoms with Crippen LogP contribution in [0, 0.1) is 6.92 Å². The molecule has 0 atom stereocenters. The second-order valence-electron chi connectivity index (χ2n) is 4.57. The predicted molar refractivity (Wildman–Crippen MR) is 74.8 cm³/mol. The molecule has 2 N–H and O–H groups in total. The first kappa shape index (κ1) is 13.9. The molecule has 1 heterocycles. The summed E-state index contributed by atoms with van der Waals surface area (Å²) in [5.41, 5.74) is 1.28. The Morgan fingerprint density at radius 2 is 2.21 bits per heavy atom. The molecule has 2 amide bonds. The summed E-state index contributed by atoms with van der Waals surface area (Å²) in [6.07, 6.45) is 3.22. The molecule has 0 unspecified atom stereocenters. The highest BCUT2D eigenvalue weighted by molar-refractivity contribution is 7.15. The van der Waals surface area contributed by atoms with Crippen LogP contribution in [0.3, 0.4) is 0 Å². The number of hydrogen-bond donors (Lipinski definition) is 2. The van der Waals surface area contributed by atoms with Crippen LogP contribution in [0.4, 0.5) is 9.80 Å². The highest BCUT2D eigenvalue weighted by atomic mass is 32.1. The van der Waals surface area contributed by atoms with E-state index < -0.39 is 0 Å². The smallest absolute Gasteiger partial charge is 0.341 e. The van der Waals surface area contributed by atoms with Crippen molar-refractivity contribution in [2.24, 2.45) is 0 Å². The first-order chi connectivity index (χ1) is 9.11. The van der Waals surface area contributed by atoms with E-state index >= 15 is 0 Å². The van der Waals surface area contributed by atoms with Crippen LogP contribution in [0.5, 0.6) is 0 Å². The fraction of sp³-hybridized carbons (Fsp3) is 0.538. The maximum absolute atomic E-state index is 11.8. The van der Waals surface area contributed by atoms with Crippen molar-refractivity contribution in [2.75, 3.05) is 11.9 Å². The quantitative estimate of drug-likeness (QED) is 0.834. The van der Waals surface area contributed by atoms with Crippen molar-refractivity contribution < 1.29 is 14.3 Å². The van der Waals surface area contributed by atoms with Gasteiger partial charge in [-0.25, -0.2) is 9.59 Å². The van der Waals surface area contributed by atoms with Crippen LogP contribution >= 0.6 is 11.3 Å². The van der Waals surface area contributed by atoms with Gasteiger partial charge in [0.15, 0.2) is 0 Å². The molecule has 0 aliphatic heterocycles. The number of amides is 2. The summed E-state index contributed by atoms with van der Waals surface area (Å²) >= 11 is 1.34. The molecule has 0 aromatic carbocycles. The van der Waals surface area contributed by atoms with E-state index in [1.165, 1.54) is 11.3 Å². The van der Waals surface area contributed by atoms with E-state index in [0.717, 1.165) is 24.8 Å². The van der Waals surface area contributed by atoms with Crippen molar-refractivity contribution in [3.8, 4) is 0 Å². The molecule has 1 saturated carbocycles. The molecule has 1 aromatic heterocycles. The van der Waals surface area contributed by atoms with Crippen LogP contribution in [-0.4, -0.2) is 24.6 Å². The Hall–Kier alpha value is -1.56. The van der Waals surface area contributed by atoms with Crippen LogP contribution in [0.25, 0.3) is 0 Å². The molecule has 0 spiro atoms. The third kappa shape index (κ3) is 3.26. The first-order valence-electron chi connectivity index (χ1n) is 6.44. The highest BCUT2D eigenvalue weighted by Gasteiger charge is 2.22. The van der Waals surface area contributed by atoms with E-state index in [-0.39, 0.29) is 18.0 Å². The predicted octanol–water partition coefficient (Wildman–Crippen LogP) is 2.91. The van der Waals surface area contributed by atoms with Gasteiger partial charge in [-0.3, -0.25) is 5.32 Å². The van der Waals surface area contributed by atoms with Gasteiger partial charge < -0.3 is 10.1 Å². The van der Waals surface area contributed by atoms with Crippen LogP contribution in [0.2, 0.25) is 0 Å². The number of hydrogen-bond acceptors (Lipinski definition) is 4. The lowest BCUT2D eigenvalue weighted by Crippen LogP contribution is -2.41. The van der Waals surface area contributed by atoms with Crippen molar-refractivity contribution in [1.82, 2.24) is 5.32 Å². The Balaban J connectivity index is 2.02. The fourth-order valence-electron chi connectivity index (χ4n) is 1.87. The Morgan fingerprint density at radius 3 is 2.79 bits per heavy atom. The monoisotopic (exact) mass is 282 g/mol. The first-order valence-corrected chi connectivity index (χ1v) is 7.32. The minimum absolute atomic E-state index is 0.253. The number of aryl methyl sites for hydroxylation is 1. The van der Waals surface area contributed by atoms with Gasteiger partial charge in [0.05, 0.1) is 12.2 Å². The van der Waals surface area contributed by atoms with E-state index in [0.29, 0.717) is 17.2 Å². The van der Waals surface area contributed by atoms with E-state index in [9.17, 15) is 9.59 Å². The molecule has 104 valence electrons. The van der Waals surface area contributed by atoms with Crippen LogP contribution in [-0.2, 0) is 4.74 Å². The molecule has 1 aromatic rings. The number of carbonyl (C=O) groups is 2. The average molecular weight is 282 g/mol. The lowest BCUT2D eigenvalue weighted by atomic mass is 9.93. The maximum Gasteiger partial charge on any atom is 0.341 e. The summed E-state index contributed by atoms with van der Waals surface area (Å²) < 4.78 is 5.00. The number of thiophene rings is 1. The molecule has 0 radical (unpaired) electrons. The molecule has 19 heavy (non-hydrogen) atoms. The molecule has 6 heteroatoms. The van der Waals surface area contributed by atoms with Crippen LogP contribution in [0.1, 0.15) is 42.1 Å². The number of ether oxygens (including phenoxy) is 1. The number of rotatable bonds is 4. The van der Waals surface area contributed by atoms with Crippen molar-refractivity contribution in [2.45, 2.75) is 39.2 Å². The Kier molecular flexibility index (Phi) is 4.42. The summed E-state index contributed by atoms with van der Waals surface area (Å²) in [5.74, 6) is -0.389. The fourth-order valence-corrected chi connectivity index (χ4v) is 2.80. The number of esters is 1. The molecule has 2 rings (SSSR count). The summed E-state index contributed by atoms with van der Waals surface area (Å²) in [6, 6.07) is 0.0178. The zero-order chi connectivity index (χ0) is 13.8. The summed E-state index contributed by atoms with van der Waals surface area (Å²) in [4.78, 5) is 23.6. The summed E-state index contributed by atoms with van der Waals surface area (Å²) in [6.45, 7) is 3.91. The molecular weight excluding hydrogens is 264 g/mol. The van der Waals surface area contributed by atoms with Gasteiger partial charge in [0.2, 0.25) is 0 Å². The Bertz CT molecular complexity index is 480. The van der Waals surface area contributed by atoms with Crippen LogP contribution < -0.4 is 10.6 Å². The largest absolute Gasteiger partial charge is 0.462 e. The highest BCUT2D eigenvalue weighted by Crippen LogP contribution is 2.28. The number of nitrogens with one attached hydrogen (secondary N) is 2. The SMILES string of the molecule is CCOC(=O)c1c(C)csc1NC(=O)NC1CCC1. The van der Waals surface area contributed by atoms with Crippen molar-refractivity contribution in [3.63, 3.8) is 0 Å². The molecule has 5 nitrogen and oxygen atoms in total. The Labute approximate surface area is 116 Å². The van der Waals surface area contributed by atoms with Crippen LogP contribution in [0.15, 0.2) is 5.38 Å². The van der Waals surface area contributed by atoms with E-state index in [1.807, 2.05) is 12.3 Å². The molecule has 0 saturated heterocycles. The normalized spacial score (nSPS) is 14.6. The van der Waals surface area contributed by atoms with Gasteiger partial charge in [0, 0.05) is 6.04 Å².